The Morgan fingerprint density at radius 1 is 1.15 bits per heavy atom. The Balaban J connectivity index is 1.52. The number of carbonyl (C=O) groups excluding carboxylic acids is 4. The molecule has 3 saturated carbocycles. The Morgan fingerprint density at radius 3 is 2.55 bits per heavy atom. The molecule has 0 spiro atoms. The van der Waals surface area contributed by atoms with E-state index in [-0.39, 0.29) is 57.0 Å². The van der Waals surface area contributed by atoms with Gasteiger partial charge in [0, 0.05) is 30.2 Å². The summed E-state index contributed by atoms with van der Waals surface area (Å²) in [5.74, 6) is 0.672. The SMILES string of the molecule is CC(=O)OC1C[C@H]2[C@@H]3C=C(Cl)C4=CC(=O)[C@@H]5C[C@@H]5[C@]4(C)[C@H]3CC[C@]2(C)[C@H]1C(=O)CSC(C)=O. The molecule has 1 unspecified atom stereocenters. The largest absolute Gasteiger partial charge is 0.462 e. The first-order valence-electron chi connectivity index (χ1n) is 12.0. The predicted octanol–water partition coefficient (Wildman–Crippen LogP) is 4.72. The lowest BCUT2D eigenvalue weighted by Crippen LogP contribution is -2.51. The number of carbonyl (C=O) groups is 4. The maximum Gasteiger partial charge on any atom is 0.302 e. The quantitative estimate of drug-likeness (QED) is 0.530. The van der Waals surface area contributed by atoms with E-state index in [0.717, 1.165) is 36.6 Å². The van der Waals surface area contributed by atoms with Crippen molar-refractivity contribution in [1.82, 2.24) is 0 Å². The van der Waals surface area contributed by atoms with Gasteiger partial charge in [-0.15, -0.1) is 0 Å². The molecule has 0 N–H and O–H groups in total. The van der Waals surface area contributed by atoms with Gasteiger partial charge < -0.3 is 4.74 Å². The van der Waals surface area contributed by atoms with Gasteiger partial charge in [0.15, 0.2) is 16.7 Å². The van der Waals surface area contributed by atoms with Crippen molar-refractivity contribution in [3.63, 3.8) is 0 Å². The van der Waals surface area contributed by atoms with Crippen LogP contribution in [0.25, 0.3) is 0 Å². The van der Waals surface area contributed by atoms with Crippen molar-refractivity contribution in [2.24, 2.45) is 46.3 Å². The molecule has 5 aliphatic rings. The second-order valence-corrected chi connectivity index (χ2v) is 12.7. The van der Waals surface area contributed by atoms with Crippen LogP contribution >= 0.6 is 23.4 Å². The smallest absolute Gasteiger partial charge is 0.302 e. The van der Waals surface area contributed by atoms with Crippen molar-refractivity contribution >= 4 is 46.0 Å². The Hall–Kier alpha value is -1.40. The third kappa shape index (κ3) is 3.42. The lowest BCUT2D eigenvalue weighted by atomic mass is 9.48. The third-order valence-corrected chi connectivity index (χ3v) is 10.7. The van der Waals surface area contributed by atoms with Crippen LogP contribution in [0.1, 0.15) is 53.4 Å². The molecule has 5 rings (SSSR count). The first kappa shape index (κ1) is 23.3. The van der Waals surface area contributed by atoms with E-state index in [1.807, 2.05) is 0 Å². The summed E-state index contributed by atoms with van der Waals surface area (Å²) in [7, 11) is 0. The maximum absolute atomic E-state index is 13.4. The fourth-order valence-electron chi connectivity index (χ4n) is 8.12. The third-order valence-electron chi connectivity index (χ3n) is 9.58. The highest BCUT2D eigenvalue weighted by Crippen LogP contribution is 2.71. The number of hydrogen-bond acceptors (Lipinski definition) is 6. The highest BCUT2D eigenvalue weighted by atomic mass is 35.5. The van der Waals surface area contributed by atoms with E-state index < -0.39 is 12.0 Å². The molecule has 0 amide bonds. The Bertz CT molecular complexity index is 1020. The molecule has 5 aliphatic carbocycles. The predicted molar refractivity (Wildman–Crippen MR) is 126 cm³/mol. The minimum atomic E-state index is -0.477. The number of ether oxygens (including phenoxy) is 1. The number of fused-ring (bicyclic) bond motifs is 7. The number of thioether (sulfide) groups is 1. The summed E-state index contributed by atoms with van der Waals surface area (Å²) in [6.07, 6.45) is 6.80. The summed E-state index contributed by atoms with van der Waals surface area (Å²) in [6.45, 7) is 7.31. The van der Waals surface area contributed by atoms with Crippen molar-refractivity contribution in [2.75, 3.05) is 5.75 Å². The van der Waals surface area contributed by atoms with Crippen LogP contribution < -0.4 is 0 Å². The molecule has 3 fully saturated rings. The molecule has 0 aromatic heterocycles. The topological polar surface area (TPSA) is 77.5 Å². The average Bonchev–Trinajstić information content (AvgIpc) is 3.48. The molecule has 178 valence electrons. The lowest BCUT2D eigenvalue weighted by Gasteiger charge is -2.56. The molecule has 5 nitrogen and oxygen atoms in total. The highest BCUT2D eigenvalue weighted by Gasteiger charge is 2.68. The van der Waals surface area contributed by atoms with E-state index in [1.54, 1.807) is 6.08 Å². The van der Waals surface area contributed by atoms with Crippen molar-refractivity contribution in [1.29, 1.82) is 0 Å². The zero-order valence-electron chi connectivity index (χ0n) is 19.6. The summed E-state index contributed by atoms with van der Waals surface area (Å²) < 4.78 is 5.73. The fraction of sp³-hybridized carbons (Fsp3) is 0.692. The molecule has 0 bridgehead atoms. The second-order valence-electron chi connectivity index (χ2n) is 11.1. The molecular weight excluding hydrogens is 460 g/mol. The standard InChI is InChI=1S/C26H31ClO5S/c1-12(28)32-23-10-17-14-8-20(27)19-9-21(30)15-7-18(15)26(19,4)16(14)5-6-25(17,3)24(23)22(31)11-33-13(2)29/h8-9,14-18,23-24H,5-7,10-11H2,1-4H3/t14-,15-,16+,17+,18+,23?,24+,25+,26+/m1/s1. The van der Waals surface area contributed by atoms with Gasteiger partial charge in [0.25, 0.3) is 0 Å². The normalized spacial score (nSPS) is 45.0. The highest BCUT2D eigenvalue weighted by molar-refractivity contribution is 8.14. The molecule has 0 aromatic carbocycles. The number of hydrogen-bond donors (Lipinski definition) is 0. The van der Waals surface area contributed by atoms with Crippen LogP contribution in [0.4, 0.5) is 0 Å². The van der Waals surface area contributed by atoms with Gasteiger partial charge in [0.1, 0.15) is 6.10 Å². The summed E-state index contributed by atoms with van der Waals surface area (Å²) >= 11 is 7.86. The number of halogens is 1. The van der Waals surface area contributed by atoms with Crippen LogP contribution in [0, 0.1) is 46.3 Å². The summed E-state index contributed by atoms with van der Waals surface area (Å²) in [5.41, 5.74) is 0.548. The molecule has 0 aromatic rings. The maximum atomic E-state index is 13.4. The number of ketones is 2. The molecule has 0 aliphatic heterocycles. The average molecular weight is 491 g/mol. The zero-order valence-corrected chi connectivity index (χ0v) is 21.1. The van der Waals surface area contributed by atoms with Crippen LogP contribution in [0.2, 0.25) is 0 Å². The van der Waals surface area contributed by atoms with Crippen molar-refractivity contribution in [2.45, 2.75) is 59.5 Å². The van der Waals surface area contributed by atoms with Gasteiger partial charge >= 0.3 is 5.97 Å². The lowest BCUT2D eigenvalue weighted by molar-refractivity contribution is -0.151. The van der Waals surface area contributed by atoms with Crippen molar-refractivity contribution < 1.29 is 23.9 Å². The first-order valence-corrected chi connectivity index (χ1v) is 13.3. The van der Waals surface area contributed by atoms with E-state index in [1.165, 1.54) is 13.8 Å². The Morgan fingerprint density at radius 2 is 1.88 bits per heavy atom. The minimum Gasteiger partial charge on any atom is -0.462 e. The number of Topliss-reactive ketones (excluding diaryl/α,β-unsaturated/α-hetero) is 1. The zero-order chi connectivity index (χ0) is 23.9. The minimum absolute atomic E-state index is 0.00639. The molecule has 0 heterocycles. The number of esters is 1. The van der Waals surface area contributed by atoms with E-state index in [9.17, 15) is 19.2 Å². The van der Waals surface area contributed by atoms with Gasteiger partial charge in [-0.25, -0.2) is 0 Å². The van der Waals surface area contributed by atoms with Crippen molar-refractivity contribution in [3.8, 4) is 0 Å². The van der Waals surface area contributed by atoms with Crippen LogP contribution in [0.5, 0.6) is 0 Å². The first-order chi connectivity index (χ1) is 15.5. The summed E-state index contributed by atoms with van der Waals surface area (Å²) in [6, 6.07) is 0. The van der Waals surface area contributed by atoms with E-state index >= 15 is 0 Å². The molecule has 0 radical (unpaired) electrons. The van der Waals surface area contributed by atoms with Crippen LogP contribution in [0.15, 0.2) is 22.8 Å². The van der Waals surface area contributed by atoms with E-state index in [0.29, 0.717) is 23.3 Å². The van der Waals surface area contributed by atoms with Crippen LogP contribution in [0.3, 0.4) is 0 Å². The molecule has 7 heteroatoms. The summed E-state index contributed by atoms with van der Waals surface area (Å²) in [4.78, 5) is 49.3. The number of allylic oxidation sites excluding steroid dienone is 4. The Kier molecular flexibility index (Phi) is 5.52. The molecule has 0 saturated heterocycles. The van der Waals surface area contributed by atoms with Gasteiger partial charge in [-0.3, -0.25) is 19.2 Å². The fourth-order valence-corrected chi connectivity index (χ4v) is 9.05. The Labute approximate surface area is 204 Å². The molecular formula is C26H31ClO5S. The monoisotopic (exact) mass is 490 g/mol. The molecule has 33 heavy (non-hydrogen) atoms. The van der Waals surface area contributed by atoms with Gasteiger partial charge in [0.05, 0.1) is 11.7 Å². The van der Waals surface area contributed by atoms with Gasteiger partial charge in [-0.1, -0.05) is 43.3 Å². The van der Waals surface area contributed by atoms with Crippen LogP contribution in [-0.4, -0.2) is 34.5 Å². The number of rotatable bonds is 4. The van der Waals surface area contributed by atoms with Gasteiger partial charge in [0.2, 0.25) is 0 Å². The van der Waals surface area contributed by atoms with Gasteiger partial charge in [-0.05, 0) is 66.4 Å². The van der Waals surface area contributed by atoms with Gasteiger partial charge in [-0.2, -0.15) is 0 Å². The van der Waals surface area contributed by atoms with E-state index in [4.69, 9.17) is 16.3 Å². The second kappa shape index (κ2) is 7.81. The molecule has 9 atom stereocenters. The summed E-state index contributed by atoms with van der Waals surface area (Å²) in [5, 5.41) is 0.587. The van der Waals surface area contributed by atoms with Crippen molar-refractivity contribution in [3.05, 3.63) is 22.8 Å². The van der Waals surface area contributed by atoms with Crippen LogP contribution in [-0.2, 0) is 23.9 Å². The van der Waals surface area contributed by atoms with E-state index in [2.05, 4.69) is 19.9 Å².